The van der Waals surface area contributed by atoms with Gasteiger partial charge in [0.15, 0.2) is 5.78 Å². The molecule has 0 aromatic heterocycles. The number of carbonyl (C=O) groups excluding carboxylic acids is 2. The number of carbonyl (C=O) groups is 3. The van der Waals surface area contributed by atoms with E-state index in [9.17, 15) is 14.4 Å². The fourth-order valence-corrected chi connectivity index (χ4v) is 1.20. The lowest BCUT2D eigenvalue weighted by atomic mass is 10.2. The molecule has 14 heavy (non-hydrogen) atoms. The summed E-state index contributed by atoms with van der Waals surface area (Å²) < 4.78 is 0. The Balaban J connectivity index is 2.37. The molecule has 0 unspecified atom stereocenters. The third-order valence-electron chi connectivity index (χ3n) is 1.89. The van der Waals surface area contributed by atoms with E-state index in [-0.39, 0.29) is 24.7 Å². The van der Waals surface area contributed by atoms with Crippen molar-refractivity contribution >= 4 is 17.7 Å². The number of hydrogen-bond donors (Lipinski definition) is 1. The van der Waals surface area contributed by atoms with Gasteiger partial charge in [-0.1, -0.05) is 0 Å². The van der Waals surface area contributed by atoms with Crippen LogP contribution in [0.15, 0.2) is 12.2 Å². The van der Waals surface area contributed by atoms with E-state index in [0.29, 0.717) is 13.0 Å². The summed E-state index contributed by atoms with van der Waals surface area (Å²) in [6.07, 6.45) is 2.85. The molecule has 0 aromatic carbocycles. The van der Waals surface area contributed by atoms with Crippen LogP contribution < -0.4 is 0 Å². The summed E-state index contributed by atoms with van der Waals surface area (Å²) in [5, 5.41) is 8.38. The molecule has 5 heteroatoms. The van der Waals surface area contributed by atoms with Gasteiger partial charge in [-0.15, -0.1) is 0 Å². The first kappa shape index (κ1) is 10.4. The zero-order valence-corrected chi connectivity index (χ0v) is 7.60. The van der Waals surface area contributed by atoms with Gasteiger partial charge in [0, 0.05) is 19.0 Å². The molecule has 0 radical (unpaired) electrons. The van der Waals surface area contributed by atoms with Gasteiger partial charge in [-0.3, -0.25) is 14.4 Å². The second-order valence-electron chi connectivity index (χ2n) is 3.06. The van der Waals surface area contributed by atoms with Gasteiger partial charge in [-0.25, -0.2) is 0 Å². The number of aliphatic carboxylic acids is 1. The first-order chi connectivity index (χ1) is 6.59. The number of ketones is 1. The number of carboxylic acid groups (broad SMARTS) is 1. The topological polar surface area (TPSA) is 74.7 Å². The van der Waals surface area contributed by atoms with Crippen molar-refractivity contribution in [1.29, 1.82) is 0 Å². The predicted octanol–water partition coefficient (Wildman–Crippen LogP) is -0.181. The van der Waals surface area contributed by atoms with Gasteiger partial charge in [-0.2, -0.15) is 0 Å². The van der Waals surface area contributed by atoms with Gasteiger partial charge in [0.2, 0.25) is 5.91 Å². The van der Waals surface area contributed by atoms with Crippen LogP contribution in [0.25, 0.3) is 0 Å². The van der Waals surface area contributed by atoms with E-state index >= 15 is 0 Å². The minimum atomic E-state index is -0.892. The van der Waals surface area contributed by atoms with Crippen molar-refractivity contribution in [1.82, 2.24) is 4.90 Å². The largest absolute Gasteiger partial charge is 0.481 e. The Morgan fingerprint density at radius 1 is 1.43 bits per heavy atom. The average molecular weight is 197 g/mol. The first-order valence-electron chi connectivity index (χ1n) is 4.31. The summed E-state index contributed by atoms with van der Waals surface area (Å²) in [5.74, 6) is -1.24. The van der Waals surface area contributed by atoms with Crippen molar-refractivity contribution < 1.29 is 19.5 Å². The Hall–Kier alpha value is -1.65. The van der Waals surface area contributed by atoms with E-state index in [2.05, 4.69) is 0 Å². The predicted molar refractivity (Wildman–Crippen MR) is 47.6 cm³/mol. The van der Waals surface area contributed by atoms with Crippen LogP contribution in [0.4, 0.5) is 0 Å². The number of amides is 1. The molecular formula is C9H11NO4. The van der Waals surface area contributed by atoms with Crippen molar-refractivity contribution in [3.63, 3.8) is 0 Å². The molecule has 1 aliphatic rings. The highest BCUT2D eigenvalue weighted by atomic mass is 16.4. The zero-order chi connectivity index (χ0) is 10.6. The first-order valence-corrected chi connectivity index (χ1v) is 4.31. The molecule has 76 valence electrons. The molecule has 1 rings (SSSR count). The van der Waals surface area contributed by atoms with Crippen molar-refractivity contribution in [2.24, 2.45) is 0 Å². The van der Waals surface area contributed by atoms with E-state index in [1.807, 2.05) is 0 Å². The highest BCUT2D eigenvalue weighted by Crippen LogP contribution is 2.02. The Kier molecular flexibility index (Phi) is 3.39. The molecule has 0 aliphatic carbocycles. The monoisotopic (exact) mass is 197 g/mol. The lowest BCUT2D eigenvalue weighted by Gasteiger charge is -2.21. The van der Waals surface area contributed by atoms with Crippen LogP contribution in [0.2, 0.25) is 0 Å². The molecular weight excluding hydrogens is 186 g/mol. The minimum absolute atomic E-state index is 0.0156. The van der Waals surface area contributed by atoms with Gasteiger partial charge >= 0.3 is 5.97 Å². The maximum atomic E-state index is 11.2. The fraction of sp³-hybridized carbons (Fsp3) is 0.444. The number of nitrogens with zero attached hydrogens (tertiary/aromatic N) is 1. The molecule has 1 amide bonds. The van der Waals surface area contributed by atoms with E-state index in [0.717, 1.165) is 0 Å². The van der Waals surface area contributed by atoms with Gasteiger partial charge in [0.05, 0.1) is 6.54 Å². The molecule has 1 N–H and O–H groups in total. The Morgan fingerprint density at radius 3 is 2.79 bits per heavy atom. The highest BCUT2D eigenvalue weighted by Gasteiger charge is 2.18. The Bertz CT molecular complexity index is 295. The number of hydrogen-bond acceptors (Lipinski definition) is 3. The van der Waals surface area contributed by atoms with Gasteiger partial charge in [0.1, 0.15) is 0 Å². The van der Waals surface area contributed by atoms with Crippen molar-refractivity contribution in [2.75, 3.05) is 13.1 Å². The van der Waals surface area contributed by atoms with Gasteiger partial charge < -0.3 is 10.0 Å². The summed E-state index contributed by atoms with van der Waals surface area (Å²) in [4.78, 5) is 33.6. The standard InChI is InChI=1S/C9H11NO4/c11-7-3-4-8(12)10(6-7)5-1-2-9(13)14/h3-4H,1-2,5-6H2,(H,13,14). The smallest absolute Gasteiger partial charge is 0.303 e. The summed E-state index contributed by atoms with van der Waals surface area (Å²) in [6, 6.07) is 0. The summed E-state index contributed by atoms with van der Waals surface area (Å²) in [5.41, 5.74) is 0. The molecule has 0 saturated carbocycles. The average Bonchev–Trinajstić information content (AvgIpc) is 2.10. The molecule has 1 heterocycles. The lowest BCUT2D eigenvalue weighted by Crippen LogP contribution is -2.37. The quantitative estimate of drug-likeness (QED) is 0.678. The van der Waals surface area contributed by atoms with Crippen LogP contribution in [-0.4, -0.2) is 40.8 Å². The highest BCUT2D eigenvalue weighted by molar-refractivity contribution is 6.04. The van der Waals surface area contributed by atoms with E-state index in [1.165, 1.54) is 17.1 Å². The van der Waals surface area contributed by atoms with Crippen molar-refractivity contribution in [3.05, 3.63) is 12.2 Å². The van der Waals surface area contributed by atoms with Crippen LogP contribution >= 0.6 is 0 Å². The molecule has 0 spiro atoms. The summed E-state index contributed by atoms with van der Waals surface area (Å²) in [7, 11) is 0. The Labute approximate surface area is 81.0 Å². The van der Waals surface area contributed by atoms with E-state index < -0.39 is 5.97 Å². The van der Waals surface area contributed by atoms with Crippen LogP contribution in [0.5, 0.6) is 0 Å². The second kappa shape index (κ2) is 4.55. The summed E-state index contributed by atoms with van der Waals surface area (Å²) >= 11 is 0. The number of carboxylic acids is 1. The van der Waals surface area contributed by atoms with Crippen LogP contribution in [-0.2, 0) is 14.4 Å². The minimum Gasteiger partial charge on any atom is -0.481 e. The second-order valence-corrected chi connectivity index (χ2v) is 3.06. The zero-order valence-electron chi connectivity index (χ0n) is 7.60. The number of rotatable bonds is 4. The van der Waals surface area contributed by atoms with Crippen molar-refractivity contribution in [3.8, 4) is 0 Å². The Morgan fingerprint density at radius 2 is 2.14 bits per heavy atom. The van der Waals surface area contributed by atoms with Gasteiger partial charge in [0.25, 0.3) is 0 Å². The van der Waals surface area contributed by atoms with E-state index in [4.69, 9.17) is 5.11 Å². The maximum absolute atomic E-state index is 11.2. The molecule has 0 saturated heterocycles. The van der Waals surface area contributed by atoms with E-state index in [1.54, 1.807) is 0 Å². The molecule has 0 atom stereocenters. The maximum Gasteiger partial charge on any atom is 0.303 e. The van der Waals surface area contributed by atoms with Gasteiger partial charge in [-0.05, 0) is 12.5 Å². The summed E-state index contributed by atoms with van der Waals surface area (Å²) in [6.45, 7) is 0.385. The molecule has 5 nitrogen and oxygen atoms in total. The molecule has 0 aromatic rings. The lowest BCUT2D eigenvalue weighted by molar-refractivity contribution is -0.138. The van der Waals surface area contributed by atoms with Crippen LogP contribution in [0.1, 0.15) is 12.8 Å². The van der Waals surface area contributed by atoms with Crippen LogP contribution in [0.3, 0.4) is 0 Å². The SMILES string of the molecule is O=C(O)CCCN1CC(=O)C=CC1=O. The normalized spacial score (nSPS) is 16.1. The molecule has 1 aliphatic heterocycles. The van der Waals surface area contributed by atoms with Crippen LogP contribution in [0, 0.1) is 0 Å². The fourth-order valence-electron chi connectivity index (χ4n) is 1.20. The molecule has 0 fully saturated rings. The van der Waals surface area contributed by atoms with Crippen molar-refractivity contribution in [2.45, 2.75) is 12.8 Å². The third-order valence-corrected chi connectivity index (χ3v) is 1.89. The molecule has 0 bridgehead atoms. The third kappa shape index (κ3) is 3.01.